The number of anilines is 1. The van der Waals surface area contributed by atoms with E-state index in [1.807, 2.05) is 0 Å². The number of alkyl halides is 3. The van der Waals surface area contributed by atoms with Gasteiger partial charge in [-0.2, -0.15) is 26.3 Å². The molecule has 0 atom stereocenters. The van der Waals surface area contributed by atoms with Crippen molar-refractivity contribution in [1.82, 2.24) is 14.7 Å². The minimum Gasteiger partial charge on any atom is -0.265 e. The third kappa shape index (κ3) is 4.80. The van der Waals surface area contributed by atoms with Crippen molar-refractivity contribution in [2.45, 2.75) is 6.18 Å². The number of halogens is 5. The monoisotopic (exact) mass is 324 g/mol. The van der Waals surface area contributed by atoms with Gasteiger partial charge in [-0.15, -0.1) is 0 Å². The van der Waals surface area contributed by atoms with Crippen LogP contribution in [0, 0.1) is 0 Å². The Morgan fingerprint density at radius 2 is 1.72 bits per heavy atom. The maximum atomic E-state index is 11.9. The van der Waals surface area contributed by atoms with Crippen molar-refractivity contribution in [3.63, 3.8) is 0 Å². The molecular weight excluding hydrogens is 320 g/mol. The van der Waals surface area contributed by atoms with Crippen molar-refractivity contribution in [3.05, 3.63) is 16.6 Å². The average molecular weight is 325 g/mol. The summed E-state index contributed by atoms with van der Waals surface area (Å²) < 4.78 is 61.0. The van der Waals surface area contributed by atoms with E-state index in [4.69, 9.17) is 23.2 Å². The lowest BCUT2D eigenvalue weighted by molar-refractivity contribution is -0.121. The summed E-state index contributed by atoms with van der Waals surface area (Å²) in [5.74, 6) is 0. The fourth-order valence-corrected chi connectivity index (χ4v) is 2.19. The van der Waals surface area contributed by atoms with E-state index in [-0.39, 0.29) is 10.3 Å². The van der Waals surface area contributed by atoms with Crippen molar-refractivity contribution in [3.8, 4) is 0 Å². The predicted molar refractivity (Wildman–Crippen MR) is 58.7 cm³/mol. The number of nitrogens with zero attached hydrogens (tertiary/aromatic N) is 2. The van der Waals surface area contributed by atoms with Crippen LogP contribution in [0.15, 0.2) is 6.33 Å². The Labute approximate surface area is 110 Å². The van der Waals surface area contributed by atoms with Gasteiger partial charge in [-0.3, -0.25) is 4.72 Å². The molecule has 0 fully saturated rings. The molecule has 12 heteroatoms. The van der Waals surface area contributed by atoms with Gasteiger partial charge >= 0.3 is 6.18 Å². The zero-order chi connectivity index (χ0) is 14.0. The fraction of sp³-hybridized carbons (Fsp3) is 0.333. The Kier molecular flexibility index (Phi) is 4.59. The van der Waals surface area contributed by atoms with Gasteiger partial charge in [-0.25, -0.2) is 9.97 Å². The van der Waals surface area contributed by atoms with E-state index in [1.165, 1.54) is 4.72 Å². The smallest absolute Gasteiger partial charge is 0.265 e. The first kappa shape index (κ1) is 15.2. The molecule has 0 bridgehead atoms. The van der Waals surface area contributed by atoms with E-state index in [0.29, 0.717) is 0 Å². The molecule has 6 nitrogen and oxygen atoms in total. The molecular formula is C6H5Cl2F3N4O2S. The van der Waals surface area contributed by atoms with Crippen molar-refractivity contribution in [2.24, 2.45) is 0 Å². The molecule has 0 aliphatic heterocycles. The minimum absolute atomic E-state index is 0.340. The lowest BCUT2D eigenvalue weighted by Crippen LogP contribution is -2.37. The summed E-state index contributed by atoms with van der Waals surface area (Å²) in [5.41, 5.74) is -0.407. The van der Waals surface area contributed by atoms with Crippen LogP contribution in [0.1, 0.15) is 0 Å². The highest BCUT2D eigenvalue weighted by molar-refractivity contribution is 7.90. The summed E-state index contributed by atoms with van der Waals surface area (Å²) in [4.78, 5) is 6.85. The highest BCUT2D eigenvalue weighted by Crippen LogP contribution is 2.26. The second kappa shape index (κ2) is 5.43. The summed E-state index contributed by atoms with van der Waals surface area (Å²) in [7, 11) is -4.48. The van der Waals surface area contributed by atoms with E-state index >= 15 is 0 Å². The van der Waals surface area contributed by atoms with E-state index in [0.717, 1.165) is 6.33 Å². The maximum absolute atomic E-state index is 11.9. The zero-order valence-electron chi connectivity index (χ0n) is 8.29. The summed E-state index contributed by atoms with van der Waals surface area (Å²) in [6.07, 6.45) is -3.72. The van der Waals surface area contributed by atoms with Gasteiger partial charge in [-0.1, -0.05) is 23.2 Å². The van der Waals surface area contributed by atoms with Crippen molar-refractivity contribution in [2.75, 3.05) is 11.3 Å². The van der Waals surface area contributed by atoms with Gasteiger partial charge in [0.15, 0.2) is 10.3 Å². The Balaban J connectivity index is 2.84. The Hall–Kier alpha value is -0.840. The van der Waals surface area contributed by atoms with Gasteiger partial charge in [-0.05, 0) is 0 Å². The molecule has 0 aliphatic carbocycles. The van der Waals surface area contributed by atoms with E-state index in [2.05, 4.69) is 9.97 Å². The first-order chi connectivity index (χ1) is 8.11. The molecule has 0 aromatic carbocycles. The molecule has 1 rings (SSSR count). The zero-order valence-corrected chi connectivity index (χ0v) is 10.6. The van der Waals surface area contributed by atoms with Gasteiger partial charge in [0.1, 0.15) is 18.6 Å². The molecule has 1 heterocycles. The van der Waals surface area contributed by atoms with Crippen molar-refractivity contribution >= 4 is 39.1 Å². The van der Waals surface area contributed by atoms with Gasteiger partial charge in [0, 0.05) is 0 Å². The van der Waals surface area contributed by atoms with Gasteiger partial charge in [0.2, 0.25) is 0 Å². The lowest BCUT2D eigenvalue weighted by atomic mass is 10.6. The largest absolute Gasteiger partial charge is 0.402 e. The second-order valence-electron chi connectivity index (χ2n) is 2.87. The maximum Gasteiger partial charge on any atom is 0.402 e. The summed E-state index contributed by atoms with van der Waals surface area (Å²) in [6, 6.07) is 0. The van der Waals surface area contributed by atoms with Crippen LogP contribution in [0.5, 0.6) is 0 Å². The number of hydrogen-bond donors (Lipinski definition) is 2. The third-order valence-corrected chi connectivity index (χ3v) is 3.02. The SMILES string of the molecule is O=S(=O)(NCC(F)(F)F)Nc1c(Cl)ncnc1Cl. The van der Waals surface area contributed by atoms with E-state index < -0.39 is 28.6 Å². The van der Waals surface area contributed by atoms with Crippen LogP contribution in [-0.4, -0.2) is 31.1 Å². The number of nitrogens with one attached hydrogen (secondary N) is 2. The molecule has 102 valence electrons. The molecule has 0 amide bonds. The first-order valence-corrected chi connectivity index (χ1v) is 6.35. The number of rotatable bonds is 4. The van der Waals surface area contributed by atoms with Crippen LogP contribution >= 0.6 is 23.2 Å². The normalized spacial score (nSPS) is 12.5. The molecule has 0 unspecified atom stereocenters. The average Bonchev–Trinajstić information content (AvgIpc) is 2.20. The molecule has 1 aromatic heterocycles. The van der Waals surface area contributed by atoms with Crippen molar-refractivity contribution < 1.29 is 21.6 Å². The Bertz CT molecular complexity index is 516. The predicted octanol–water partition coefficient (Wildman–Crippen LogP) is 1.59. The number of aromatic nitrogens is 2. The molecule has 0 saturated carbocycles. The first-order valence-electron chi connectivity index (χ1n) is 4.11. The molecule has 0 radical (unpaired) electrons. The van der Waals surface area contributed by atoms with Crippen LogP contribution in [-0.2, 0) is 10.2 Å². The summed E-state index contributed by atoms with van der Waals surface area (Å²) in [6.45, 7) is -1.73. The number of hydrogen-bond acceptors (Lipinski definition) is 4. The Morgan fingerprint density at radius 3 is 2.17 bits per heavy atom. The van der Waals surface area contributed by atoms with Crippen LogP contribution in [0.3, 0.4) is 0 Å². The third-order valence-electron chi connectivity index (χ3n) is 1.45. The van der Waals surface area contributed by atoms with Crippen LogP contribution in [0.4, 0.5) is 18.9 Å². The van der Waals surface area contributed by atoms with Crippen molar-refractivity contribution in [1.29, 1.82) is 0 Å². The quantitative estimate of drug-likeness (QED) is 0.824. The lowest BCUT2D eigenvalue weighted by Gasteiger charge is -2.12. The highest BCUT2D eigenvalue weighted by Gasteiger charge is 2.30. The van der Waals surface area contributed by atoms with E-state index in [9.17, 15) is 21.6 Å². The Morgan fingerprint density at radius 1 is 1.22 bits per heavy atom. The molecule has 2 N–H and O–H groups in total. The molecule has 0 spiro atoms. The van der Waals surface area contributed by atoms with E-state index in [1.54, 1.807) is 4.72 Å². The molecule has 0 saturated heterocycles. The van der Waals surface area contributed by atoms with Gasteiger partial charge in [0.25, 0.3) is 10.2 Å². The standard InChI is InChI=1S/C6H5Cl2F3N4O2S/c7-4-3(5(8)13-2-12-4)15-18(16,17)14-1-6(9,10)11/h2,14-15H,1H2. The molecule has 18 heavy (non-hydrogen) atoms. The van der Waals surface area contributed by atoms with Crippen LogP contribution in [0.25, 0.3) is 0 Å². The van der Waals surface area contributed by atoms with Crippen LogP contribution < -0.4 is 9.44 Å². The summed E-state index contributed by atoms with van der Waals surface area (Å²) >= 11 is 11.0. The highest BCUT2D eigenvalue weighted by atomic mass is 35.5. The van der Waals surface area contributed by atoms with Crippen LogP contribution in [0.2, 0.25) is 10.3 Å². The topological polar surface area (TPSA) is 84.0 Å². The fourth-order valence-electron chi connectivity index (χ4n) is 0.776. The summed E-state index contributed by atoms with van der Waals surface area (Å²) in [5, 5.41) is -0.681. The molecule has 0 aliphatic rings. The molecule has 1 aromatic rings. The minimum atomic E-state index is -4.68. The van der Waals surface area contributed by atoms with Gasteiger partial charge in [0.05, 0.1) is 0 Å². The van der Waals surface area contributed by atoms with Gasteiger partial charge < -0.3 is 0 Å². The second-order valence-corrected chi connectivity index (χ2v) is 5.09.